The molecule has 26 heavy (non-hydrogen) atoms. The first-order chi connectivity index (χ1) is 12.4. The Labute approximate surface area is 177 Å². The number of nitrogens with zero attached hydrogens (tertiary/aromatic N) is 1. The molecule has 1 saturated heterocycles. The molecule has 0 unspecified atom stereocenters. The van der Waals surface area contributed by atoms with Crippen molar-refractivity contribution in [2.24, 2.45) is 0 Å². The van der Waals surface area contributed by atoms with Crippen LogP contribution >= 0.6 is 55.8 Å². The third kappa shape index (κ3) is 3.83. The number of hydrogen-bond acceptors (Lipinski definition) is 5. The van der Waals surface area contributed by atoms with Crippen LogP contribution in [0.1, 0.15) is 5.56 Å². The second kappa shape index (κ2) is 8.12. The topological polar surface area (TPSA) is 38.8 Å². The van der Waals surface area contributed by atoms with E-state index in [2.05, 4.69) is 31.9 Å². The summed E-state index contributed by atoms with van der Waals surface area (Å²) < 4.78 is 12.8. The Balaban J connectivity index is 1.97. The Hall–Kier alpha value is -1.35. The van der Waals surface area contributed by atoms with Crippen molar-refractivity contribution in [2.75, 3.05) is 19.1 Å². The van der Waals surface area contributed by atoms with Crippen LogP contribution < -0.4 is 14.4 Å². The van der Waals surface area contributed by atoms with E-state index in [9.17, 15) is 4.79 Å². The molecule has 4 nitrogen and oxygen atoms in total. The van der Waals surface area contributed by atoms with Gasteiger partial charge < -0.3 is 9.47 Å². The monoisotopic (exact) mass is 513 g/mol. The molecular formula is C18H13Br2NO3S2. The molecule has 8 heteroatoms. The number of amides is 1. The molecule has 3 rings (SSSR count). The molecule has 0 radical (unpaired) electrons. The zero-order valence-corrected chi connectivity index (χ0v) is 18.6. The summed E-state index contributed by atoms with van der Waals surface area (Å²) in [5.74, 6) is 1.21. The van der Waals surface area contributed by atoms with E-state index in [1.54, 1.807) is 32.4 Å². The molecule has 1 aliphatic heterocycles. The average Bonchev–Trinajstić information content (AvgIpc) is 2.88. The number of thiocarbonyl (C=S) groups is 1. The minimum atomic E-state index is -0.164. The summed E-state index contributed by atoms with van der Waals surface area (Å²) in [4.78, 5) is 15.0. The number of ether oxygens (including phenoxy) is 2. The Kier molecular flexibility index (Phi) is 6.06. The minimum Gasteiger partial charge on any atom is -0.497 e. The smallest absolute Gasteiger partial charge is 0.270 e. The van der Waals surface area contributed by atoms with Gasteiger partial charge in [0.1, 0.15) is 11.5 Å². The average molecular weight is 515 g/mol. The zero-order chi connectivity index (χ0) is 18.8. The molecule has 1 aliphatic rings. The van der Waals surface area contributed by atoms with Gasteiger partial charge in [0.05, 0.1) is 29.3 Å². The number of halogens is 2. The van der Waals surface area contributed by atoms with Crippen LogP contribution in [0.4, 0.5) is 5.69 Å². The molecule has 0 saturated carbocycles. The normalized spacial score (nSPS) is 15.7. The van der Waals surface area contributed by atoms with Gasteiger partial charge >= 0.3 is 0 Å². The quantitative estimate of drug-likeness (QED) is 0.390. The van der Waals surface area contributed by atoms with Crippen LogP contribution in [0.2, 0.25) is 0 Å². The van der Waals surface area contributed by atoms with Gasteiger partial charge in [-0.2, -0.15) is 0 Å². The fraction of sp³-hybridized carbons (Fsp3) is 0.111. The van der Waals surface area contributed by atoms with Crippen molar-refractivity contribution in [3.63, 3.8) is 0 Å². The Morgan fingerprint density at radius 2 is 1.81 bits per heavy atom. The molecule has 2 aromatic carbocycles. The summed E-state index contributed by atoms with van der Waals surface area (Å²) in [6, 6.07) is 11.0. The fourth-order valence-corrected chi connectivity index (χ4v) is 5.18. The lowest BCUT2D eigenvalue weighted by Gasteiger charge is -2.14. The van der Waals surface area contributed by atoms with Crippen molar-refractivity contribution >= 4 is 77.8 Å². The van der Waals surface area contributed by atoms with Gasteiger partial charge in [-0.25, -0.2) is 0 Å². The molecule has 0 atom stereocenters. The molecule has 0 N–H and O–H groups in total. The second-order valence-corrected chi connectivity index (χ2v) is 8.67. The summed E-state index contributed by atoms with van der Waals surface area (Å²) in [6.07, 6.45) is 1.79. The maximum atomic E-state index is 12.9. The molecule has 0 bridgehead atoms. The highest BCUT2D eigenvalue weighted by atomic mass is 79.9. The molecule has 0 aromatic heterocycles. The highest BCUT2D eigenvalue weighted by molar-refractivity contribution is 9.11. The van der Waals surface area contributed by atoms with Gasteiger partial charge in [0.15, 0.2) is 4.32 Å². The number of rotatable bonds is 4. The maximum Gasteiger partial charge on any atom is 0.270 e. The van der Waals surface area contributed by atoms with E-state index in [4.69, 9.17) is 21.7 Å². The van der Waals surface area contributed by atoms with Crippen LogP contribution in [0.3, 0.4) is 0 Å². The number of methoxy groups -OCH3 is 2. The molecule has 0 spiro atoms. The molecule has 1 amide bonds. The van der Waals surface area contributed by atoms with Gasteiger partial charge in [0.2, 0.25) is 0 Å². The largest absolute Gasteiger partial charge is 0.497 e. The first-order valence-electron chi connectivity index (χ1n) is 7.39. The highest BCUT2D eigenvalue weighted by Gasteiger charge is 2.33. The van der Waals surface area contributed by atoms with E-state index >= 15 is 0 Å². The number of carbonyl (C=O) groups is 1. The van der Waals surface area contributed by atoms with E-state index in [1.165, 1.54) is 16.7 Å². The lowest BCUT2D eigenvalue weighted by Crippen LogP contribution is -2.27. The van der Waals surface area contributed by atoms with Crippen LogP contribution in [0.25, 0.3) is 6.08 Å². The third-order valence-corrected chi connectivity index (χ3v) is 6.00. The van der Waals surface area contributed by atoms with Gasteiger partial charge in [-0.15, -0.1) is 0 Å². The maximum absolute atomic E-state index is 12.9. The second-order valence-electron chi connectivity index (χ2n) is 5.23. The molecule has 134 valence electrons. The SMILES string of the molecule is COc1ccc(N2C(=O)/C(=C\c3cc(Br)cc(Br)c3OC)SC2=S)cc1. The lowest BCUT2D eigenvalue weighted by atomic mass is 10.2. The number of hydrogen-bond donors (Lipinski definition) is 0. The van der Waals surface area contributed by atoms with E-state index < -0.39 is 0 Å². The summed E-state index contributed by atoms with van der Waals surface area (Å²) in [5, 5.41) is 0. The van der Waals surface area contributed by atoms with Crippen LogP contribution in [0.15, 0.2) is 50.2 Å². The lowest BCUT2D eigenvalue weighted by molar-refractivity contribution is -0.113. The first-order valence-corrected chi connectivity index (χ1v) is 10.2. The number of anilines is 1. The summed E-state index contributed by atoms with van der Waals surface area (Å²) >= 11 is 13.6. The van der Waals surface area contributed by atoms with Crippen molar-refractivity contribution in [1.29, 1.82) is 0 Å². The summed E-state index contributed by atoms with van der Waals surface area (Å²) in [6.45, 7) is 0. The number of thioether (sulfide) groups is 1. The summed E-state index contributed by atoms with van der Waals surface area (Å²) in [7, 11) is 3.19. The van der Waals surface area contributed by atoms with Crippen molar-refractivity contribution in [2.45, 2.75) is 0 Å². The van der Waals surface area contributed by atoms with E-state index in [0.29, 0.717) is 20.7 Å². The predicted molar refractivity (Wildman–Crippen MR) is 117 cm³/mol. The molecule has 1 fully saturated rings. The fourth-order valence-electron chi connectivity index (χ4n) is 2.47. The van der Waals surface area contributed by atoms with Crippen LogP contribution in [-0.4, -0.2) is 24.4 Å². The number of benzene rings is 2. The van der Waals surface area contributed by atoms with E-state index in [-0.39, 0.29) is 5.91 Å². The van der Waals surface area contributed by atoms with Gasteiger partial charge in [-0.3, -0.25) is 9.69 Å². The predicted octanol–water partition coefficient (Wildman–Crippen LogP) is 5.63. The molecular weight excluding hydrogens is 502 g/mol. The molecule has 0 aliphatic carbocycles. The Morgan fingerprint density at radius 3 is 2.42 bits per heavy atom. The molecule has 2 aromatic rings. The Bertz CT molecular complexity index is 913. The van der Waals surface area contributed by atoms with Crippen molar-refractivity contribution in [3.05, 3.63) is 55.8 Å². The van der Waals surface area contributed by atoms with Gasteiger partial charge in [0.25, 0.3) is 5.91 Å². The molecule has 1 heterocycles. The van der Waals surface area contributed by atoms with Crippen molar-refractivity contribution in [3.8, 4) is 11.5 Å². The summed E-state index contributed by atoms with van der Waals surface area (Å²) in [5.41, 5.74) is 1.49. The van der Waals surface area contributed by atoms with E-state index in [1.807, 2.05) is 24.3 Å². The standard InChI is InChI=1S/C18H13Br2NO3S2/c1-23-13-5-3-12(4-6-13)21-17(22)15(26-18(21)25)8-10-7-11(19)9-14(20)16(10)24-2/h3-9H,1-2H3/b15-8+. The van der Waals surface area contributed by atoms with Crippen molar-refractivity contribution in [1.82, 2.24) is 0 Å². The highest BCUT2D eigenvalue weighted by Crippen LogP contribution is 2.39. The van der Waals surface area contributed by atoms with Crippen LogP contribution in [0.5, 0.6) is 11.5 Å². The first kappa shape index (κ1) is 19.4. The van der Waals surface area contributed by atoms with Crippen LogP contribution in [0, 0.1) is 0 Å². The third-order valence-electron chi connectivity index (χ3n) is 3.65. The number of carbonyl (C=O) groups excluding carboxylic acids is 1. The van der Waals surface area contributed by atoms with E-state index in [0.717, 1.165) is 20.3 Å². The minimum absolute atomic E-state index is 0.164. The van der Waals surface area contributed by atoms with Gasteiger partial charge in [-0.1, -0.05) is 39.9 Å². The van der Waals surface area contributed by atoms with Crippen LogP contribution in [-0.2, 0) is 4.79 Å². The van der Waals surface area contributed by atoms with Crippen molar-refractivity contribution < 1.29 is 14.3 Å². The Morgan fingerprint density at radius 1 is 1.12 bits per heavy atom. The zero-order valence-electron chi connectivity index (χ0n) is 13.8. The van der Waals surface area contributed by atoms with Gasteiger partial charge in [-0.05, 0) is 58.4 Å². The van der Waals surface area contributed by atoms with Gasteiger partial charge in [0, 0.05) is 10.0 Å².